The molecule has 0 bridgehead atoms. The Balaban J connectivity index is 3.12. The molecule has 4 nitrogen and oxygen atoms in total. The fourth-order valence-electron chi connectivity index (χ4n) is 1.77. The zero-order valence-corrected chi connectivity index (χ0v) is 13.6. The summed E-state index contributed by atoms with van der Waals surface area (Å²) in [6.07, 6.45) is 4.11. The molecule has 0 N–H and O–H groups in total. The zero-order chi connectivity index (χ0) is 16.0. The number of hydrogen-bond donors (Lipinski definition) is 0. The van der Waals surface area contributed by atoms with Crippen LogP contribution >= 0.6 is 0 Å². The molecule has 0 saturated heterocycles. The fourth-order valence-corrected chi connectivity index (χ4v) is 1.77. The van der Waals surface area contributed by atoms with Crippen LogP contribution in [-0.4, -0.2) is 27.2 Å². The first-order valence-corrected chi connectivity index (χ1v) is 6.72. The maximum absolute atomic E-state index is 11.7. The first kappa shape index (κ1) is 16.8. The van der Waals surface area contributed by atoms with E-state index in [0.717, 1.165) is 11.4 Å². The molecule has 0 atom stereocenters. The molecule has 0 spiro atoms. The highest BCUT2D eigenvalue weighted by molar-refractivity contribution is 5.93. The molecule has 21 heavy (non-hydrogen) atoms. The van der Waals surface area contributed by atoms with Crippen molar-refractivity contribution in [3.8, 4) is 5.75 Å². The van der Waals surface area contributed by atoms with E-state index in [1.807, 2.05) is 31.0 Å². The molecule has 0 aliphatic rings. The van der Waals surface area contributed by atoms with E-state index in [1.165, 1.54) is 19.8 Å². The summed E-state index contributed by atoms with van der Waals surface area (Å²) < 4.78 is 10.0. The lowest BCUT2D eigenvalue weighted by Gasteiger charge is -2.21. The molecule has 1 aromatic rings. The standard InChI is InChI=1S/C17H23NO3/c1-12(2)7-8-13(3)18(4)14-9-10-15(17(19)21-6)16(11-14)20-5/h7-11H,1-6H3/b13-8-. The van der Waals surface area contributed by atoms with Gasteiger partial charge in [0.1, 0.15) is 11.3 Å². The Bertz CT molecular complexity index is 569. The van der Waals surface area contributed by atoms with E-state index in [0.29, 0.717) is 11.3 Å². The van der Waals surface area contributed by atoms with Gasteiger partial charge in [-0.25, -0.2) is 4.79 Å². The number of esters is 1. The predicted octanol–water partition coefficient (Wildman–Crippen LogP) is 3.79. The molecule has 0 heterocycles. The average Bonchev–Trinajstić information content (AvgIpc) is 2.50. The first-order valence-electron chi connectivity index (χ1n) is 6.72. The largest absolute Gasteiger partial charge is 0.496 e. The predicted molar refractivity (Wildman–Crippen MR) is 85.9 cm³/mol. The lowest BCUT2D eigenvalue weighted by Crippen LogP contribution is -2.15. The molecule has 1 rings (SSSR count). The van der Waals surface area contributed by atoms with E-state index in [2.05, 4.69) is 26.0 Å². The number of nitrogens with zero attached hydrogens (tertiary/aromatic N) is 1. The number of carbonyl (C=O) groups is 1. The van der Waals surface area contributed by atoms with Gasteiger partial charge in [0.15, 0.2) is 0 Å². The van der Waals surface area contributed by atoms with Crippen molar-refractivity contribution in [2.45, 2.75) is 20.8 Å². The van der Waals surface area contributed by atoms with E-state index in [9.17, 15) is 4.79 Å². The molecular weight excluding hydrogens is 266 g/mol. The summed E-state index contributed by atoms with van der Waals surface area (Å²) >= 11 is 0. The van der Waals surface area contributed by atoms with Gasteiger partial charge in [0.2, 0.25) is 0 Å². The number of benzene rings is 1. The van der Waals surface area contributed by atoms with Crippen molar-refractivity contribution in [1.82, 2.24) is 0 Å². The number of hydrogen-bond acceptors (Lipinski definition) is 4. The van der Waals surface area contributed by atoms with Crippen molar-refractivity contribution in [2.75, 3.05) is 26.2 Å². The number of allylic oxidation sites excluding steroid dienone is 4. The van der Waals surface area contributed by atoms with Crippen molar-refractivity contribution in [2.24, 2.45) is 0 Å². The second kappa shape index (κ2) is 7.53. The summed E-state index contributed by atoms with van der Waals surface area (Å²) in [7, 11) is 4.86. The van der Waals surface area contributed by atoms with Gasteiger partial charge in [0.05, 0.1) is 14.2 Å². The molecule has 0 radical (unpaired) electrons. The lowest BCUT2D eigenvalue weighted by atomic mass is 10.1. The van der Waals surface area contributed by atoms with Gasteiger partial charge in [0.25, 0.3) is 0 Å². The highest BCUT2D eigenvalue weighted by Gasteiger charge is 2.14. The molecule has 4 heteroatoms. The number of ether oxygens (including phenoxy) is 2. The van der Waals surface area contributed by atoms with Crippen molar-refractivity contribution < 1.29 is 14.3 Å². The normalized spacial score (nSPS) is 10.9. The Morgan fingerprint density at radius 2 is 1.81 bits per heavy atom. The highest BCUT2D eigenvalue weighted by atomic mass is 16.5. The van der Waals surface area contributed by atoms with E-state index in [4.69, 9.17) is 9.47 Å². The van der Waals surface area contributed by atoms with Crippen LogP contribution in [0.3, 0.4) is 0 Å². The van der Waals surface area contributed by atoms with Crippen LogP contribution in [0.1, 0.15) is 31.1 Å². The topological polar surface area (TPSA) is 38.8 Å². The van der Waals surface area contributed by atoms with Gasteiger partial charge in [-0.2, -0.15) is 0 Å². The molecule has 1 aromatic carbocycles. The Kier molecular flexibility index (Phi) is 6.03. The number of methoxy groups -OCH3 is 2. The summed E-state index contributed by atoms with van der Waals surface area (Å²) in [6, 6.07) is 5.41. The van der Waals surface area contributed by atoms with Crippen LogP contribution in [0.25, 0.3) is 0 Å². The second-order valence-electron chi connectivity index (χ2n) is 4.99. The summed E-state index contributed by atoms with van der Waals surface area (Å²) in [5.74, 6) is 0.0964. The van der Waals surface area contributed by atoms with Crippen LogP contribution in [0.4, 0.5) is 5.69 Å². The molecule has 114 valence electrons. The summed E-state index contributed by atoms with van der Waals surface area (Å²) in [4.78, 5) is 13.7. The van der Waals surface area contributed by atoms with Crippen LogP contribution in [0.5, 0.6) is 5.75 Å². The zero-order valence-electron chi connectivity index (χ0n) is 13.6. The van der Waals surface area contributed by atoms with Crippen LogP contribution in [0, 0.1) is 0 Å². The van der Waals surface area contributed by atoms with E-state index < -0.39 is 5.97 Å². The molecule has 0 unspecified atom stereocenters. The molecule has 0 aliphatic heterocycles. The Morgan fingerprint density at radius 3 is 2.33 bits per heavy atom. The van der Waals surface area contributed by atoms with Gasteiger partial charge in [-0.1, -0.05) is 11.6 Å². The molecule has 0 aromatic heterocycles. The number of anilines is 1. The van der Waals surface area contributed by atoms with Gasteiger partial charge in [0, 0.05) is 24.5 Å². The third-order valence-corrected chi connectivity index (χ3v) is 3.16. The van der Waals surface area contributed by atoms with Crippen molar-refractivity contribution >= 4 is 11.7 Å². The van der Waals surface area contributed by atoms with E-state index in [1.54, 1.807) is 6.07 Å². The van der Waals surface area contributed by atoms with Crippen LogP contribution in [-0.2, 0) is 4.74 Å². The molecule has 0 saturated carbocycles. The Labute approximate surface area is 126 Å². The van der Waals surface area contributed by atoms with E-state index >= 15 is 0 Å². The third kappa shape index (κ3) is 4.38. The lowest BCUT2D eigenvalue weighted by molar-refractivity contribution is 0.0597. The van der Waals surface area contributed by atoms with Crippen LogP contribution < -0.4 is 9.64 Å². The summed E-state index contributed by atoms with van der Waals surface area (Å²) in [5, 5.41) is 0. The van der Waals surface area contributed by atoms with Gasteiger partial charge >= 0.3 is 5.97 Å². The van der Waals surface area contributed by atoms with Gasteiger partial charge < -0.3 is 14.4 Å². The minimum Gasteiger partial charge on any atom is -0.496 e. The molecule has 0 amide bonds. The Morgan fingerprint density at radius 1 is 1.14 bits per heavy atom. The van der Waals surface area contributed by atoms with E-state index in [-0.39, 0.29) is 0 Å². The van der Waals surface area contributed by atoms with Gasteiger partial charge in [-0.3, -0.25) is 0 Å². The smallest absolute Gasteiger partial charge is 0.341 e. The SMILES string of the molecule is COC(=O)c1ccc(N(C)/C(C)=C\C=C(C)C)cc1OC. The Hall–Kier alpha value is -2.23. The summed E-state index contributed by atoms with van der Waals surface area (Å²) in [6.45, 7) is 6.13. The quantitative estimate of drug-likeness (QED) is 0.610. The minimum absolute atomic E-state index is 0.405. The fraction of sp³-hybridized carbons (Fsp3) is 0.353. The van der Waals surface area contributed by atoms with Crippen LogP contribution in [0.15, 0.2) is 41.6 Å². The van der Waals surface area contributed by atoms with Crippen LogP contribution in [0.2, 0.25) is 0 Å². The van der Waals surface area contributed by atoms with Crippen molar-refractivity contribution in [1.29, 1.82) is 0 Å². The maximum atomic E-state index is 11.7. The molecule has 0 fully saturated rings. The van der Waals surface area contributed by atoms with Crippen molar-refractivity contribution in [3.05, 3.63) is 47.2 Å². The highest BCUT2D eigenvalue weighted by Crippen LogP contribution is 2.27. The second-order valence-corrected chi connectivity index (χ2v) is 4.99. The number of carbonyl (C=O) groups excluding carboxylic acids is 1. The first-order chi connectivity index (χ1) is 9.90. The van der Waals surface area contributed by atoms with Crippen molar-refractivity contribution in [3.63, 3.8) is 0 Å². The molecular formula is C17H23NO3. The summed E-state index contributed by atoms with van der Waals surface area (Å²) in [5.41, 5.74) is 3.68. The van der Waals surface area contributed by atoms with Gasteiger partial charge in [-0.05, 0) is 39.0 Å². The van der Waals surface area contributed by atoms with Gasteiger partial charge in [-0.15, -0.1) is 0 Å². The molecule has 0 aliphatic carbocycles. The monoisotopic (exact) mass is 289 g/mol. The average molecular weight is 289 g/mol. The third-order valence-electron chi connectivity index (χ3n) is 3.16. The maximum Gasteiger partial charge on any atom is 0.341 e. The number of rotatable bonds is 5. The minimum atomic E-state index is -0.405.